The molecule has 0 atom stereocenters. The summed E-state index contributed by atoms with van der Waals surface area (Å²) in [6.07, 6.45) is -3.94. The largest absolute Gasteiger partial charge is 0.497 e. The number of carbonyl (C=O) groups is 1. The maximum atomic E-state index is 13.2. The minimum atomic E-state index is -4.57. The van der Waals surface area contributed by atoms with Crippen molar-refractivity contribution in [1.82, 2.24) is 9.55 Å². The molecule has 3 aromatic rings. The number of halogens is 4. The van der Waals surface area contributed by atoms with Crippen LogP contribution in [0.15, 0.2) is 57.3 Å². The van der Waals surface area contributed by atoms with Crippen LogP contribution < -0.4 is 15.6 Å². The molecule has 2 heterocycles. The van der Waals surface area contributed by atoms with Crippen LogP contribution in [-0.2, 0) is 17.4 Å². The van der Waals surface area contributed by atoms with Crippen molar-refractivity contribution in [2.75, 3.05) is 23.9 Å². The summed E-state index contributed by atoms with van der Waals surface area (Å²) < 4.78 is 45.7. The van der Waals surface area contributed by atoms with Crippen LogP contribution in [0, 0.1) is 0 Å². The number of hydrogen-bond donors (Lipinski definition) is 1. The van der Waals surface area contributed by atoms with Crippen molar-refractivity contribution in [3.8, 4) is 11.4 Å². The molecule has 2 aromatic carbocycles. The standard InChI is InChI=1S/C22H17ClF3N3O3S2/c1-32-14-4-2-3-13(10-14)29-20(31)19-16(7-8-33-19)28-21(29)34-11-18(30)27-17-9-12(22(24,25)26)5-6-15(17)23/h2-6,9-10H,7-8,11H2,1H3,(H,27,30). The summed E-state index contributed by atoms with van der Waals surface area (Å²) in [5.41, 5.74) is -0.131. The third-order valence-corrected chi connectivity index (χ3v) is 7.25. The Balaban J connectivity index is 1.61. The van der Waals surface area contributed by atoms with Crippen LogP contribution in [0.25, 0.3) is 5.69 Å². The Kier molecular flexibility index (Phi) is 7.15. The van der Waals surface area contributed by atoms with Gasteiger partial charge in [0.15, 0.2) is 5.16 Å². The van der Waals surface area contributed by atoms with Crippen LogP contribution in [0.5, 0.6) is 5.75 Å². The van der Waals surface area contributed by atoms with Crippen molar-refractivity contribution in [3.63, 3.8) is 0 Å². The van der Waals surface area contributed by atoms with Gasteiger partial charge in [-0.1, -0.05) is 29.4 Å². The molecule has 0 bridgehead atoms. The van der Waals surface area contributed by atoms with E-state index < -0.39 is 17.6 Å². The van der Waals surface area contributed by atoms with Gasteiger partial charge >= 0.3 is 6.18 Å². The van der Waals surface area contributed by atoms with Crippen molar-refractivity contribution in [3.05, 3.63) is 69.1 Å². The fourth-order valence-corrected chi connectivity index (χ4v) is 5.30. The molecule has 1 aliphatic heterocycles. The summed E-state index contributed by atoms with van der Waals surface area (Å²) >= 11 is 8.40. The second kappa shape index (κ2) is 9.93. The predicted molar refractivity (Wildman–Crippen MR) is 127 cm³/mol. The Morgan fingerprint density at radius 1 is 1.29 bits per heavy atom. The zero-order chi connectivity index (χ0) is 24.5. The second-order valence-corrected chi connectivity index (χ2v) is 9.59. The van der Waals surface area contributed by atoms with Crippen molar-refractivity contribution in [2.24, 2.45) is 0 Å². The van der Waals surface area contributed by atoms with Gasteiger partial charge in [-0.05, 0) is 30.3 Å². The number of nitrogens with one attached hydrogen (secondary N) is 1. The molecule has 1 amide bonds. The highest BCUT2D eigenvalue weighted by Gasteiger charge is 2.31. The van der Waals surface area contributed by atoms with Gasteiger partial charge in [-0.3, -0.25) is 14.2 Å². The smallest absolute Gasteiger partial charge is 0.416 e. The van der Waals surface area contributed by atoms with Gasteiger partial charge in [0, 0.05) is 18.2 Å². The van der Waals surface area contributed by atoms with Gasteiger partial charge in [0.1, 0.15) is 5.75 Å². The molecule has 1 aliphatic rings. The van der Waals surface area contributed by atoms with Crippen LogP contribution in [-0.4, -0.2) is 34.1 Å². The van der Waals surface area contributed by atoms with Crippen molar-refractivity contribution in [2.45, 2.75) is 22.6 Å². The normalized spacial score (nSPS) is 13.0. The van der Waals surface area contributed by atoms with E-state index in [1.165, 1.54) is 23.4 Å². The number of hydrogen-bond acceptors (Lipinski definition) is 6. The van der Waals surface area contributed by atoms with E-state index in [1.807, 2.05) is 0 Å². The summed E-state index contributed by atoms with van der Waals surface area (Å²) in [6, 6.07) is 9.58. The van der Waals surface area contributed by atoms with E-state index in [-0.39, 0.29) is 22.0 Å². The first kappa shape index (κ1) is 24.5. The number of nitrogens with zero attached hydrogens (tertiary/aromatic N) is 2. The molecule has 1 N–H and O–H groups in total. The lowest BCUT2D eigenvalue weighted by Gasteiger charge is -2.15. The Hall–Kier alpha value is -2.63. The van der Waals surface area contributed by atoms with Crippen molar-refractivity contribution >= 4 is 46.7 Å². The van der Waals surface area contributed by atoms with E-state index in [0.717, 1.165) is 35.7 Å². The molecule has 178 valence electrons. The van der Waals surface area contributed by atoms with E-state index in [9.17, 15) is 22.8 Å². The zero-order valence-electron chi connectivity index (χ0n) is 17.6. The van der Waals surface area contributed by atoms with Crippen molar-refractivity contribution in [1.29, 1.82) is 0 Å². The number of aryl methyl sites for hydroxylation is 1. The molecule has 0 spiro atoms. The van der Waals surface area contributed by atoms with Crippen LogP contribution in [0.2, 0.25) is 5.02 Å². The van der Waals surface area contributed by atoms with Gasteiger partial charge in [-0.15, -0.1) is 11.8 Å². The average molecular weight is 528 g/mol. The van der Waals surface area contributed by atoms with Gasteiger partial charge in [-0.25, -0.2) is 4.98 Å². The molecule has 34 heavy (non-hydrogen) atoms. The monoisotopic (exact) mass is 527 g/mol. The number of rotatable bonds is 6. The maximum Gasteiger partial charge on any atom is 0.416 e. The molecular formula is C22H17ClF3N3O3S2. The summed E-state index contributed by atoms with van der Waals surface area (Å²) in [5.74, 6) is 0.491. The number of aromatic nitrogens is 2. The lowest BCUT2D eigenvalue weighted by molar-refractivity contribution is -0.137. The van der Waals surface area contributed by atoms with E-state index in [2.05, 4.69) is 10.3 Å². The van der Waals surface area contributed by atoms with E-state index in [0.29, 0.717) is 33.6 Å². The fourth-order valence-electron chi connectivity index (χ4n) is 3.28. The van der Waals surface area contributed by atoms with E-state index in [4.69, 9.17) is 16.3 Å². The molecule has 6 nitrogen and oxygen atoms in total. The van der Waals surface area contributed by atoms with Crippen molar-refractivity contribution < 1.29 is 22.7 Å². The molecule has 0 fully saturated rings. The molecule has 12 heteroatoms. The molecule has 4 rings (SSSR count). The second-order valence-electron chi connectivity index (χ2n) is 7.14. The Morgan fingerprint density at radius 3 is 2.82 bits per heavy atom. The molecule has 0 unspecified atom stereocenters. The Labute approximate surface area is 205 Å². The zero-order valence-corrected chi connectivity index (χ0v) is 20.0. The molecule has 0 saturated carbocycles. The number of methoxy groups -OCH3 is 1. The SMILES string of the molecule is COc1cccc(-n2c(SCC(=O)Nc3cc(C(F)(F)F)ccc3Cl)nc3c(c2=O)SCC3)c1. The van der Waals surface area contributed by atoms with Gasteiger partial charge in [-0.2, -0.15) is 13.2 Å². The number of carbonyl (C=O) groups excluding carboxylic acids is 1. The third kappa shape index (κ3) is 5.21. The first-order valence-corrected chi connectivity index (χ1v) is 12.2. The highest BCUT2D eigenvalue weighted by atomic mass is 35.5. The number of amides is 1. The molecular weight excluding hydrogens is 511 g/mol. The molecule has 0 saturated heterocycles. The summed E-state index contributed by atoms with van der Waals surface area (Å²) in [7, 11) is 1.51. The number of alkyl halides is 3. The van der Waals surface area contributed by atoms with Gasteiger partial charge in [0.25, 0.3) is 5.56 Å². The molecule has 1 aromatic heterocycles. The fraction of sp³-hybridized carbons (Fsp3) is 0.227. The number of fused-ring (bicyclic) bond motifs is 1. The molecule has 0 aliphatic carbocycles. The number of anilines is 1. The van der Waals surface area contributed by atoms with Crippen LogP contribution >= 0.6 is 35.1 Å². The maximum absolute atomic E-state index is 13.2. The number of benzene rings is 2. The predicted octanol–water partition coefficient (Wildman–Crippen LogP) is 5.29. The topological polar surface area (TPSA) is 73.2 Å². The lowest BCUT2D eigenvalue weighted by Crippen LogP contribution is -2.24. The number of ether oxygens (including phenoxy) is 1. The first-order valence-electron chi connectivity index (χ1n) is 9.90. The summed E-state index contributed by atoms with van der Waals surface area (Å²) in [6.45, 7) is 0. The first-order chi connectivity index (χ1) is 16.2. The lowest BCUT2D eigenvalue weighted by atomic mass is 10.2. The van der Waals surface area contributed by atoms with E-state index >= 15 is 0 Å². The average Bonchev–Trinajstić information content (AvgIpc) is 3.27. The summed E-state index contributed by atoms with van der Waals surface area (Å²) in [4.78, 5) is 30.9. The van der Waals surface area contributed by atoms with Crippen LogP contribution in [0.1, 0.15) is 11.3 Å². The Bertz CT molecular complexity index is 1310. The van der Waals surface area contributed by atoms with Gasteiger partial charge in [0.05, 0.1) is 45.4 Å². The Morgan fingerprint density at radius 2 is 2.09 bits per heavy atom. The number of thioether (sulfide) groups is 2. The van der Waals surface area contributed by atoms with E-state index in [1.54, 1.807) is 24.3 Å². The quantitative estimate of drug-likeness (QED) is 0.347. The highest BCUT2D eigenvalue weighted by Crippen LogP contribution is 2.34. The summed E-state index contributed by atoms with van der Waals surface area (Å²) in [5, 5.41) is 2.68. The van der Waals surface area contributed by atoms with Gasteiger partial charge < -0.3 is 10.1 Å². The van der Waals surface area contributed by atoms with Crippen LogP contribution in [0.3, 0.4) is 0 Å². The minimum Gasteiger partial charge on any atom is -0.497 e. The molecule has 0 radical (unpaired) electrons. The van der Waals surface area contributed by atoms with Gasteiger partial charge in [0.2, 0.25) is 5.91 Å². The minimum absolute atomic E-state index is 0.0210. The van der Waals surface area contributed by atoms with Crippen LogP contribution in [0.4, 0.5) is 18.9 Å². The highest BCUT2D eigenvalue weighted by molar-refractivity contribution is 8.00. The third-order valence-electron chi connectivity index (χ3n) is 4.88.